The number of rotatable bonds is 5. The van der Waals surface area contributed by atoms with Crippen molar-refractivity contribution < 1.29 is 9.53 Å². The van der Waals surface area contributed by atoms with E-state index in [2.05, 4.69) is 42.7 Å². The summed E-state index contributed by atoms with van der Waals surface area (Å²) in [5, 5.41) is 0. The number of piperidine rings is 1. The zero-order chi connectivity index (χ0) is 18.7. The van der Waals surface area contributed by atoms with E-state index in [4.69, 9.17) is 10.5 Å². The topological polar surface area (TPSA) is 58.8 Å². The summed E-state index contributed by atoms with van der Waals surface area (Å²) in [6.07, 6.45) is 2.13. The van der Waals surface area contributed by atoms with Gasteiger partial charge in [0.25, 0.3) is 0 Å². The van der Waals surface area contributed by atoms with Crippen LogP contribution < -0.4 is 5.73 Å². The van der Waals surface area contributed by atoms with Crippen LogP contribution in [0.5, 0.6) is 0 Å². The lowest BCUT2D eigenvalue weighted by Gasteiger charge is -2.32. The molecule has 5 heteroatoms. The van der Waals surface area contributed by atoms with Gasteiger partial charge in [-0.15, -0.1) is 0 Å². The smallest absolute Gasteiger partial charge is 0.247 e. The molecular formula is C21H33N3O2. The van der Waals surface area contributed by atoms with Crippen LogP contribution in [-0.2, 0) is 22.6 Å². The van der Waals surface area contributed by atoms with Crippen molar-refractivity contribution in [3.63, 3.8) is 0 Å². The average molecular weight is 360 g/mol. The summed E-state index contributed by atoms with van der Waals surface area (Å²) in [5.41, 5.74) is 10.9. The first kappa shape index (κ1) is 19.3. The highest BCUT2D eigenvalue weighted by molar-refractivity contribution is 5.79. The molecule has 1 amide bonds. The van der Waals surface area contributed by atoms with Gasteiger partial charge in [0.15, 0.2) is 0 Å². The largest absolute Gasteiger partial charge is 0.367 e. The van der Waals surface area contributed by atoms with Gasteiger partial charge in [-0.25, -0.2) is 0 Å². The molecule has 2 saturated heterocycles. The summed E-state index contributed by atoms with van der Waals surface area (Å²) in [4.78, 5) is 16.3. The number of nitrogens with two attached hydrogens (primary N) is 1. The fourth-order valence-corrected chi connectivity index (χ4v) is 4.01. The van der Waals surface area contributed by atoms with Gasteiger partial charge in [-0.05, 0) is 68.0 Å². The molecule has 2 aliphatic rings. The van der Waals surface area contributed by atoms with Crippen LogP contribution in [0.4, 0.5) is 0 Å². The lowest BCUT2D eigenvalue weighted by atomic mass is 9.96. The molecule has 1 aromatic rings. The molecule has 0 spiro atoms. The zero-order valence-electron chi connectivity index (χ0n) is 16.5. The van der Waals surface area contributed by atoms with E-state index in [0.29, 0.717) is 13.2 Å². The monoisotopic (exact) mass is 359 g/mol. The van der Waals surface area contributed by atoms with Crippen LogP contribution in [0.25, 0.3) is 0 Å². The van der Waals surface area contributed by atoms with Gasteiger partial charge in [-0.1, -0.05) is 19.1 Å². The molecule has 144 valence electrons. The Morgan fingerprint density at radius 2 is 1.69 bits per heavy atom. The first-order valence-electron chi connectivity index (χ1n) is 9.87. The predicted molar refractivity (Wildman–Crippen MR) is 104 cm³/mol. The molecule has 2 aliphatic heterocycles. The molecule has 2 fully saturated rings. The molecule has 1 aromatic carbocycles. The molecule has 0 aliphatic carbocycles. The molecule has 3 rings (SSSR count). The number of benzene rings is 1. The molecule has 5 nitrogen and oxygen atoms in total. The summed E-state index contributed by atoms with van der Waals surface area (Å²) in [6.45, 7) is 13.0. The third kappa shape index (κ3) is 4.84. The van der Waals surface area contributed by atoms with E-state index >= 15 is 0 Å². The van der Waals surface area contributed by atoms with Gasteiger partial charge in [0.1, 0.15) is 6.10 Å². The number of hydrogen-bond donors (Lipinski definition) is 1. The quantitative estimate of drug-likeness (QED) is 0.876. The van der Waals surface area contributed by atoms with Crippen molar-refractivity contribution >= 4 is 5.91 Å². The Balaban J connectivity index is 1.68. The van der Waals surface area contributed by atoms with Crippen molar-refractivity contribution in [1.29, 1.82) is 0 Å². The zero-order valence-corrected chi connectivity index (χ0v) is 16.5. The lowest BCUT2D eigenvalue weighted by Crippen LogP contribution is -2.48. The van der Waals surface area contributed by atoms with E-state index in [1.54, 1.807) is 0 Å². The third-order valence-electron chi connectivity index (χ3n) is 5.93. The summed E-state index contributed by atoms with van der Waals surface area (Å²) in [5.74, 6) is 0.496. The molecule has 0 bridgehead atoms. The number of carbonyl (C=O) groups is 1. The minimum atomic E-state index is -0.482. The Bertz CT molecular complexity index is 638. The lowest BCUT2D eigenvalue weighted by molar-refractivity contribution is -0.135. The van der Waals surface area contributed by atoms with Crippen LogP contribution in [0.2, 0.25) is 0 Å². The van der Waals surface area contributed by atoms with E-state index < -0.39 is 6.10 Å². The van der Waals surface area contributed by atoms with Crippen LogP contribution in [0, 0.1) is 19.8 Å². The second-order valence-corrected chi connectivity index (χ2v) is 8.16. The van der Waals surface area contributed by atoms with Gasteiger partial charge in [0.05, 0.1) is 6.61 Å². The third-order valence-corrected chi connectivity index (χ3v) is 5.93. The van der Waals surface area contributed by atoms with E-state index in [1.807, 2.05) is 0 Å². The number of primary amides is 1. The van der Waals surface area contributed by atoms with Crippen molar-refractivity contribution in [2.45, 2.75) is 52.8 Å². The van der Waals surface area contributed by atoms with Crippen LogP contribution in [0.3, 0.4) is 0 Å². The van der Waals surface area contributed by atoms with Gasteiger partial charge < -0.3 is 10.5 Å². The Kier molecular flexibility index (Phi) is 6.33. The Labute approximate surface area is 157 Å². The summed E-state index contributed by atoms with van der Waals surface area (Å²) < 4.78 is 5.47. The number of amides is 1. The molecule has 26 heavy (non-hydrogen) atoms. The average Bonchev–Trinajstić information content (AvgIpc) is 2.61. The highest BCUT2D eigenvalue weighted by Gasteiger charge is 2.25. The molecule has 1 atom stereocenters. The SMILES string of the molecule is Cc1cc(C)c(CN2CCOC(C(N)=O)C2)cc1CN1CCC(C)CC1. The van der Waals surface area contributed by atoms with E-state index in [1.165, 1.54) is 48.2 Å². The van der Waals surface area contributed by atoms with Gasteiger partial charge in [-0.3, -0.25) is 14.6 Å². The number of nitrogens with zero attached hydrogens (tertiary/aromatic N) is 2. The molecule has 2 heterocycles. The fraction of sp³-hybridized carbons (Fsp3) is 0.667. The van der Waals surface area contributed by atoms with Crippen LogP contribution in [0.15, 0.2) is 12.1 Å². The molecule has 1 unspecified atom stereocenters. The molecule has 0 aromatic heterocycles. The normalized spacial score (nSPS) is 23.3. The number of hydrogen-bond acceptors (Lipinski definition) is 4. The van der Waals surface area contributed by atoms with Crippen LogP contribution in [0.1, 0.15) is 42.0 Å². The minimum absolute atomic E-state index is 0.365. The van der Waals surface area contributed by atoms with Gasteiger partial charge in [0, 0.05) is 26.2 Å². The number of morpholine rings is 1. The number of carbonyl (C=O) groups excluding carboxylic acids is 1. The van der Waals surface area contributed by atoms with Crippen LogP contribution >= 0.6 is 0 Å². The van der Waals surface area contributed by atoms with E-state index in [9.17, 15) is 4.79 Å². The predicted octanol–water partition coefficient (Wildman–Crippen LogP) is 2.22. The maximum absolute atomic E-state index is 11.4. The first-order chi connectivity index (χ1) is 12.4. The summed E-state index contributed by atoms with van der Waals surface area (Å²) in [6, 6.07) is 4.68. The van der Waals surface area contributed by atoms with Gasteiger partial charge in [0.2, 0.25) is 5.91 Å². The molecule has 2 N–H and O–H groups in total. The van der Waals surface area contributed by atoms with Crippen molar-refractivity contribution in [3.05, 3.63) is 34.4 Å². The fourth-order valence-electron chi connectivity index (χ4n) is 4.01. The van der Waals surface area contributed by atoms with E-state index in [-0.39, 0.29) is 5.91 Å². The maximum atomic E-state index is 11.4. The highest BCUT2D eigenvalue weighted by Crippen LogP contribution is 2.23. The van der Waals surface area contributed by atoms with Crippen molar-refractivity contribution in [3.8, 4) is 0 Å². The summed E-state index contributed by atoms with van der Waals surface area (Å²) in [7, 11) is 0. The van der Waals surface area contributed by atoms with Gasteiger partial charge >= 0.3 is 0 Å². The Morgan fingerprint density at radius 3 is 2.31 bits per heavy atom. The number of ether oxygens (including phenoxy) is 1. The maximum Gasteiger partial charge on any atom is 0.247 e. The molecule has 0 saturated carbocycles. The first-order valence-corrected chi connectivity index (χ1v) is 9.87. The second-order valence-electron chi connectivity index (χ2n) is 8.16. The number of aryl methyl sites for hydroxylation is 2. The van der Waals surface area contributed by atoms with Crippen LogP contribution in [-0.4, -0.2) is 54.6 Å². The van der Waals surface area contributed by atoms with Gasteiger partial charge in [-0.2, -0.15) is 0 Å². The van der Waals surface area contributed by atoms with Crippen molar-refractivity contribution in [2.75, 3.05) is 32.8 Å². The standard InChI is InChI=1S/C21H33N3O2/c1-15-4-6-23(7-5-15)12-18-11-19(17(3)10-16(18)2)13-24-8-9-26-20(14-24)21(22)25/h10-11,15,20H,4-9,12-14H2,1-3H3,(H2,22,25). The van der Waals surface area contributed by atoms with Crippen molar-refractivity contribution in [1.82, 2.24) is 9.80 Å². The summed E-state index contributed by atoms with van der Waals surface area (Å²) >= 11 is 0. The van der Waals surface area contributed by atoms with Crippen molar-refractivity contribution in [2.24, 2.45) is 11.7 Å². The Morgan fingerprint density at radius 1 is 1.08 bits per heavy atom. The molecular weight excluding hydrogens is 326 g/mol. The highest BCUT2D eigenvalue weighted by atomic mass is 16.5. The second kappa shape index (κ2) is 8.51. The number of likely N-dealkylation sites (tertiary alicyclic amines) is 1. The molecule has 0 radical (unpaired) electrons. The minimum Gasteiger partial charge on any atom is -0.367 e. The Hall–Kier alpha value is -1.43. The van der Waals surface area contributed by atoms with E-state index in [0.717, 1.165) is 25.6 Å².